The Hall–Kier alpha value is -8.84. The first kappa shape index (κ1) is 75.4. The van der Waals surface area contributed by atoms with Crippen LogP contribution >= 0.6 is 0 Å². The Kier molecular flexibility index (Phi) is 20.4. The second-order valence-electron chi connectivity index (χ2n) is 24.1. The largest absolute Gasteiger partial charge is 0.417 e. The molecule has 0 aromatic heterocycles. The number of hydrogen-bond acceptors (Lipinski definition) is 10. The Morgan fingerprint density at radius 1 is 0.311 bits per heavy atom. The Bertz CT molecular complexity index is 5920. The zero-order valence-corrected chi connectivity index (χ0v) is 62.6. The minimum absolute atomic E-state index is 0.0365. The third kappa shape index (κ3) is 13.8. The van der Waals surface area contributed by atoms with Crippen molar-refractivity contribution in [3.05, 3.63) is 307 Å². The van der Waals surface area contributed by atoms with E-state index < -0.39 is 138 Å². The maximum Gasteiger partial charge on any atom is 0.417 e. The molecule has 0 spiro atoms. The molecular formula is C78H55F9O10S9+4. The van der Waals surface area contributed by atoms with Gasteiger partial charge in [0.05, 0.1) is 21.3 Å². The van der Waals surface area contributed by atoms with Gasteiger partial charge in [0, 0.05) is 24.3 Å². The number of benzene rings is 12. The van der Waals surface area contributed by atoms with Crippen LogP contribution in [0.4, 0.5) is 39.5 Å². The lowest BCUT2D eigenvalue weighted by atomic mass is 10.1. The van der Waals surface area contributed by atoms with E-state index in [4.69, 9.17) is 0 Å². The zero-order valence-electron chi connectivity index (χ0n) is 55.2. The van der Waals surface area contributed by atoms with E-state index >= 15 is 0 Å². The molecule has 10 nitrogen and oxygen atoms in total. The molecule has 0 bridgehead atoms. The molecule has 0 atom stereocenters. The topological polar surface area (TPSA) is 171 Å². The Balaban J connectivity index is 0.000000126. The first-order chi connectivity index (χ1) is 50.1. The average molecular weight is 1610 g/mol. The number of sulfone groups is 5. The minimum Gasteiger partial charge on any atom is -0.223 e. The molecule has 0 saturated carbocycles. The summed E-state index contributed by atoms with van der Waals surface area (Å²) in [5.74, 6) is -2.18. The second kappa shape index (κ2) is 28.7. The van der Waals surface area contributed by atoms with Gasteiger partial charge in [-0.2, -0.15) is 26.3 Å². The SMILES string of the molecule is CC(C)S(=O)(=O)c1ccc([S+]2c3ccccc3S(=O)(=O)c3ccccc32)cc1C(F)(F)F.Cc1cc([S+]2c3ccccc3S(=O)(=O)c3ccccc32)cc(C(F)(F)F)c1.O=S1(=O)c2ccccc2[S+](c2ccc(F)c(F)c2)c2ccccc21.O=S1(=O)c2ccccc2[S+](c2cccc(F)c2)c2ccccc21. The highest BCUT2D eigenvalue weighted by Gasteiger charge is 2.51. The lowest BCUT2D eigenvalue weighted by Gasteiger charge is -2.21. The van der Waals surface area contributed by atoms with Crippen molar-refractivity contribution in [2.75, 3.05) is 0 Å². The van der Waals surface area contributed by atoms with Crippen molar-refractivity contribution in [3.8, 4) is 0 Å². The van der Waals surface area contributed by atoms with Gasteiger partial charge in [0.15, 0.2) is 80.2 Å². The predicted octanol–water partition coefficient (Wildman–Crippen LogP) is 18.7. The van der Waals surface area contributed by atoms with Gasteiger partial charge in [0.25, 0.3) is 0 Å². The molecule has 0 N–H and O–H groups in total. The molecule has 4 aliphatic rings. The van der Waals surface area contributed by atoms with E-state index in [9.17, 15) is 81.6 Å². The molecule has 12 aromatic carbocycles. The molecule has 0 aliphatic carbocycles. The van der Waals surface area contributed by atoms with Gasteiger partial charge in [-0.15, -0.1) is 0 Å². The van der Waals surface area contributed by atoms with Crippen molar-refractivity contribution in [2.24, 2.45) is 0 Å². The highest BCUT2D eigenvalue weighted by atomic mass is 32.2. The van der Waals surface area contributed by atoms with Crippen molar-refractivity contribution in [1.82, 2.24) is 0 Å². The summed E-state index contributed by atoms with van der Waals surface area (Å²) >= 11 is 0. The highest BCUT2D eigenvalue weighted by Crippen LogP contribution is 2.51. The van der Waals surface area contributed by atoms with Crippen LogP contribution in [-0.4, -0.2) is 47.3 Å². The van der Waals surface area contributed by atoms with Gasteiger partial charge in [0.1, 0.15) is 88.6 Å². The Labute approximate surface area is 617 Å². The summed E-state index contributed by atoms with van der Waals surface area (Å²) in [6.45, 7) is 4.26. The van der Waals surface area contributed by atoms with E-state index in [1.165, 1.54) is 62.4 Å². The van der Waals surface area contributed by atoms with E-state index in [1.807, 2.05) is 30.3 Å². The second-order valence-corrected chi connectivity index (χ2v) is 42.0. The Morgan fingerprint density at radius 3 is 0.915 bits per heavy atom. The fourth-order valence-electron chi connectivity index (χ4n) is 12.3. The zero-order chi connectivity index (χ0) is 75.8. The van der Waals surface area contributed by atoms with Crippen LogP contribution in [0.3, 0.4) is 0 Å². The number of alkyl halides is 6. The summed E-state index contributed by atoms with van der Waals surface area (Å²) in [4.78, 5) is 7.06. The maximum absolute atomic E-state index is 13.9. The van der Waals surface area contributed by atoms with E-state index in [-0.39, 0.29) is 40.1 Å². The summed E-state index contributed by atoms with van der Waals surface area (Å²) in [5, 5.41) is -1.03. The summed E-state index contributed by atoms with van der Waals surface area (Å²) < 4.78 is 251. The standard InChI is InChI=1S/C22H18F3O4S3.C20H14F3O2S2.C18H11F2O2S2.C18H12FO2S2/c1-14(2)31(26,27)19-12-11-15(13-16(19)22(23,24)25)30-17-7-3-5-9-20(17)32(28,29)21-10-6-4-8-18(21)30;1-13-10-14(20(21,22)23)12-15(11-13)26-16-6-2-4-8-18(16)27(24,25)19-9-5-3-7-17(19)26;19-13-10-9-12(11-14(13)20)23-15-5-1-3-7-17(15)24(21,22)18-8-4-2-6-16(18)23;19-13-6-5-7-14(12-13)22-15-8-1-3-10-17(15)23(20,21)18-11-4-2-9-16(18)22/h3-14H,1-2H3;2-12H,1H3;1-11H;1-12H/q4*+1. The van der Waals surface area contributed by atoms with Crippen LogP contribution in [0.2, 0.25) is 0 Å². The first-order valence-corrected chi connectivity index (χ1v) is 44.1. The van der Waals surface area contributed by atoms with E-state index in [0.29, 0.717) is 54.5 Å². The summed E-state index contributed by atoms with van der Waals surface area (Å²) in [7, 11) is -22.4. The molecule has 4 aliphatic heterocycles. The average Bonchev–Trinajstić information content (AvgIpc) is 0.748. The quantitative estimate of drug-likeness (QED) is 0.115. The molecule has 0 amide bonds. The van der Waals surface area contributed by atoms with Gasteiger partial charge in [-0.25, -0.2) is 55.3 Å². The lowest BCUT2D eigenvalue weighted by Crippen LogP contribution is -2.22. The molecule has 12 aromatic rings. The number of fused-ring (bicyclic) bond motifs is 8. The van der Waals surface area contributed by atoms with E-state index in [1.54, 1.807) is 165 Å². The number of hydrogen-bond donors (Lipinski definition) is 0. The van der Waals surface area contributed by atoms with Gasteiger partial charge in [-0.1, -0.05) is 103 Å². The van der Waals surface area contributed by atoms with Crippen molar-refractivity contribution >= 4 is 92.8 Å². The van der Waals surface area contributed by atoms with Crippen molar-refractivity contribution in [3.63, 3.8) is 0 Å². The van der Waals surface area contributed by atoms with Crippen LogP contribution < -0.4 is 0 Å². The Morgan fingerprint density at radius 2 is 0.613 bits per heavy atom. The minimum atomic E-state index is -4.91. The number of rotatable bonds is 6. The van der Waals surface area contributed by atoms with Gasteiger partial charge in [0.2, 0.25) is 39.3 Å². The molecule has 4 heterocycles. The first-order valence-electron chi connectivity index (χ1n) is 31.7. The summed E-state index contributed by atoms with van der Waals surface area (Å²) in [5.41, 5.74) is -1.50. The third-order valence-corrected chi connectivity index (χ3v) is 37.0. The normalized spacial score (nSPS) is 15.8. The van der Waals surface area contributed by atoms with Crippen LogP contribution in [0.25, 0.3) is 0 Å². The highest BCUT2D eigenvalue weighted by molar-refractivity contribution is 8.02. The van der Waals surface area contributed by atoms with Crippen LogP contribution in [-0.2, 0) is 105 Å². The fourth-order valence-corrected chi connectivity index (χ4v) is 32.5. The van der Waals surface area contributed by atoms with Crippen molar-refractivity contribution in [2.45, 2.75) is 141 Å². The molecule has 0 saturated heterocycles. The van der Waals surface area contributed by atoms with Crippen LogP contribution in [0.15, 0.2) is 376 Å². The van der Waals surface area contributed by atoms with Gasteiger partial charge < -0.3 is 0 Å². The fraction of sp³-hybridized carbons (Fsp3) is 0.0769. The van der Waals surface area contributed by atoms with Crippen molar-refractivity contribution < 1.29 is 81.6 Å². The summed E-state index contributed by atoms with van der Waals surface area (Å²) in [6.07, 6.45) is -9.37. The molecule has 0 unspecified atom stereocenters. The molecule has 0 fully saturated rings. The van der Waals surface area contributed by atoms with E-state index in [2.05, 4.69) is 0 Å². The van der Waals surface area contributed by atoms with Crippen LogP contribution in [0.1, 0.15) is 30.5 Å². The molecular weight excluding hydrogens is 1560 g/mol. The molecule has 16 rings (SSSR count). The smallest absolute Gasteiger partial charge is 0.223 e. The van der Waals surface area contributed by atoms with Crippen molar-refractivity contribution in [1.29, 1.82) is 0 Å². The lowest BCUT2D eigenvalue weighted by molar-refractivity contribution is -0.140. The molecule has 106 heavy (non-hydrogen) atoms. The molecule has 0 radical (unpaired) electrons. The number of halogens is 9. The third-order valence-electron chi connectivity index (χ3n) is 17.1. The van der Waals surface area contributed by atoms with E-state index in [0.717, 1.165) is 51.1 Å². The monoisotopic (exact) mass is 1610 g/mol. The molecule has 540 valence electrons. The van der Waals surface area contributed by atoms with Gasteiger partial charge in [-0.05, 0) is 172 Å². The van der Waals surface area contributed by atoms with Crippen LogP contribution in [0, 0.1) is 24.4 Å². The number of aryl methyl sites for hydroxylation is 1. The maximum atomic E-state index is 13.9. The van der Waals surface area contributed by atoms with Crippen LogP contribution in [0.5, 0.6) is 0 Å². The van der Waals surface area contributed by atoms with Gasteiger partial charge in [-0.3, -0.25) is 0 Å². The van der Waals surface area contributed by atoms with Gasteiger partial charge >= 0.3 is 12.4 Å². The molecule has 28 heteroatoms. The predicted molar refractivity (Wildman–Crippen MR) is 385 cm³/mol. The summed E-state index contributed by atoms with van der Waals surface area (Å²) in [6, 6.07) is 70.0.